The number of ether oxygens (including phenoxy) is 2. The molecule has 18 heavy (non-hydrogen) atoms. The third kappa shape index (κ3) is 6.50. The second kappa shape index (κ2) is 8.64. The largest absolute Gasteiger partial charge is 0.382 e. The number of benzene rings is 1. The molecule has 1 aromatic rings. The molecule has 0 aliphatic rings. The Bertz CT molecular complexity index is 344. The van der Waals surface area contributed by atoms with Gasteiger partial charge in [-0.25, -0.2) is 0 Å². The second-order valence-electron chi connectivity index (χ2n) is 4.58. The molecule has 0 saturated carbocycles. The van der Waals surface area contributed by atoms with E-state index in [4.69, 9.17) is 9.47 Å². The summed E-state index contributed by atoms with van der Waals surface area (Å²) in [5.74, 6) is 0. The van der Waals surface area contributed by atoms with E-state index in [0.717, 1.165) is 16.6 Å². The SMILES string of the molecule is COCC(CNC(C)C)OCc1cccc(Br)c1. The Morgan fingerprint density at radius 2 is 2.11 bits per heavy atom. The normalized spacial score (nSPS) is 12.9. The van der Waals surface area contributed by atoms with Crippen LogP contribution in [0.1, 0.15) is 19.4 Å². The summed E-state index contributed by atoms with van der Waals surface area (Å²) in [5.41, 5.74) is 1.16. The average Bonchev–Trinajstić information content (AvgIpc) is 2.32. The van der Waals surface area contributed by atoms with Crippen LogP contribution < -0.4 is 5.32 Å². The van der Waals surface area contributed by atoms with Crippen molar-refractivity contribution in [2.75, 3.05) is 20.3 Å². The minimum Gasteiger partial charge on any atom is -0.382 e. The van der Waals surface area contributed by atoms with Gasteiger partial charge in [0.05, 0.1) is 19.3 Å². The van der Waals surface area contributed by atoms with E-state index in [2.05, 4.69) is 47.2 Å². The second-order valence-corrected chi connectivity index (χ2v) is 5.50. The molecule has 0 saturated heterocycles. The summed E-state index contributed by atoms with van der Waals surface area (Å²) in [6.45, 7) is 6.26. The van der Waals surface area contributed by atoms with Crippen LogP contribution in [0, 0.1) is 0 Å². The summed E-state index contributed by atoms with van der Waals surface area (Å²) in [6.07, 6.45) is 0.0800. The van der Waals surface area contributed by atoms with E-state index >= 15 is 0 Å². The molecule has 0 aliphatic carbocycles. The highest BCUT2D eigenvalue weighted by Gasteiger charge is 2.09. The number of hydrogen-bond donors (Lipinski definition) is 1. The first-order valence-corrected chi connectivity index (χ1v) is 6.99. The summed E-state index contributed by atoms with van der Waals surface area (Å²) in [6, 6.07) is 8.61. The van der Waals surface area contributed by atoms with Crippen LogP contribution in [-0.2, 0) is 16.1 Å². The molecule has 1 rings (SSSR count). The van der Waals surface area contributed by atoms with E-state index in [1.165, 1.54) is 0 Å². The first-order valence-electron chi connectivity index (χ1n) is 6.20. The molecule has 3 nitrogen and oxygen atoms in total. The highest BCUT2D eigenvalue weighted by molar-refractivity contribution is 9.10. The van der Waals surface area contributed by atoms with Gasteiger partial charge in [0.15, 0.2) is 0 Å². The Morgan fingerprint density at radius 1 is 1.33 bits per heavy atom. The molecule has 0 aromatic heterocycles. The van der Waals surface area contributed by atoms with Gasteiger partial charge in [0.1, 0.15) is 0 Å². The number of hydrogen-bond acceptors (Lipinski definition) is 3. The van der Waals surface area contributed by atoms with Crippen molar-refractivity contribution in [2.45, 2.75) is 32.6 Å². The minimum atomic E-state index is 0.0800. The molecule has 102 valence electrons. The van der Waals surface area contributed by atoms with E-state index in [0.29, 0.717) is 19.3 Å². The van der Waals surface area contributed by atoms with Gasteiger partial charge < -0.3 is 14.8 Å². The zero-order valence-electron chi connectivity index (χ0n) is 11.3. The van der Waals surface area contributed by atoms with Crippen molar-refractivity contribution in [3.8, 4) is 0 Å². The molecule has 0 bridgehead atoms. The lowest BCUT2D eigenvalue weighted by molar-refractivity contribution is -0.0110. The van der Waals surface area contributed by atoms with Crippen molar-refractivity contribution >= 4 is 15.9 Å². The third-order valence-corrected chi connectivity index (χ3v) is 2.97. The molecule has 0 fully saturated rings. The Balaban J connectivity index is 2.41. The van der Waals surface area contributed by atoms with E-state index in [1.807, 2.05) is 12.1 Å². The van der Waals surface area contributed by atoms with E-state index < -0.39 is 0 Å². The fraction of sp³-hybridized carbons (Fsp3) is 0.571. The molecule has 1 aromatic carbocycles. The topological polar surface area (TPSA) is 30.5 Å². The average molecular weight is 316 g/mol. The van der Waals surface area contributed by atoms with E-state index in [1.54, 1.807) is 7.11 Å². The minimum absolute atomic E-state index is 0.0800. The van der Waals surface area contributed by atoms with Gasteiger partial charge in [-0.3, -0.25) is 0 Å². The molecule has 0 aliphatic heterocycles. The van der Waals surface area contributed by atoms with Crippen molar-refractivity contribution in [3.63, 3.8) is 0 Å². The zero-order chi connectivity index (χ0) is 13.4. The maximum Gasteiger partial charge on any atom is 0.0936 e. The van der Waals surface area contributed by atoms with Crippen molar-refractivity contribution < 1.29 is 9.47 Å². The zero-order valence-corrected chi connectivity index (χ0v) is 12.9. The molecule has 0 heterocycles. The Morgan fingerprint density at radius 3 is 2.72 bits per heavy atom. The summed E-state index contributed by atoms with van der Waals surface area (Å²) < 4.78 is 12.1. The van der Waals surface area contributed by atoms with Crippen LogP contribution in [-0.4, -0.2) is 32.4 Å². The number of nitrogens with one attached hydrogen (secondary N) is 1. The highest BCUT2D eigenvalue weighted by atomic mass is 79.9. The van der Waals surface area contributed by atoms with Crippen LogP contribution in [0.25, 0.3) is 0 Å². The molecule has 4 heteroatoms. The van der Waals surface area contributed by atoms with E-state index in [-0.39, 0.29) is 6.10 Å². The molecule has 1 atom stereocenters. The predicted molar refractivity (Wildman–Crippen MR) is 77.7 cm³/mol. The molecule has 0 amide bonds. The number of halogens is 1. The standard InChI is InChI=1S/C14H22BrNO2/c1-11(2)16-8-14(10-17-3)18-9-12-5-4-6-13(15)7-12/h4-7,11,14,16H,8-10H2,1-3H3. The maximum atomic E-state index is 5.87. The summed E-state index contributed by atoms with van der Waals surface area (Å²) in [7, 11) is 1.70. The van der Waals surface area contributed by atoms with Crippen LogP contribution in [0.4, 0.5) is 0 Å². The van der Waals surface area contributed by atoms with Gasteiger partial charge in [-0.15, -0.1) is 0 Å². The quantitative estimate of drug-likeness (QED) is 0.800. The third-order valence-electron chi connectivity index (χ3n) is 2.48. The fourth-order valence-electron chi connectivity index (χ4n) is 1.56. The summed E-state index contributed by atoms with van der Waals surface area (Å²) in [5, 5.41) is 3.36. The lowest BCUT2D eigenvalue weighted by atomic mass is 10.2. The lowest BCUT2D eigenvalue weighted by Crippen LogP contribution is -2.36. The first-order chi connectivity index (χ1) is 8.61. The van der Waals surface area contributed by atoms with Crippen LogP contribution in [0.5, 0.6) is 0 Å². The molecule has 1 unspecified atom stereocenters. The van der Waals surface area contributed by atoms with Gasteiger partial charge in [-0.05, 0) is 17.7 Å². The summed E-state index contributed by atoms with van der Waals surface area (Å²) >= 11 is 3.46. The van der Waals surface area contributed by atoms with Crippen molar-refractivity contribution in [2.24, 2.45) is 0 Å². The predicted octanol–water partition coefficient (Wildman–Crippen LogP) is 2.98. The van der Waals surface area contributed by atoms with Crippen molar-refractivity contribution in [1.29, 1.82) is 0 Å². The van der Waals surface area contributed by atoms with Gasteiger partial charge in [-0.1, -0.05) is 41.9 Å². The Hall–Kier alpha value is -0.420. The van der Waals surface area contributed by atoms with Gasteiger partial charge in [0.25, 0.3) is 0 Å². The van der Waals surface area contributed by atoms with Crippen LogP contribution >= 0.6 is 15.9 Å². The summed E-state index contributed by atoms with van der Waals surface area (Å²) in [4.78, 5) is 0. The van der Waals surface area contributed by atoms with Crippen LogP contribution in [0.2, 0.25) is 0 Å². The number of methoxy groups -OCH3 is 1. The van der Waals surface area contributed by atoms with Gasteiger partial charge in [-0.2, -0.15) is 0 Å². The van der Waals surface area contributed by atoms with Crippen LogP contribution in [0.15, 0.2) is 28.7 Å². The molecular weight excluding hydrogens is 294 g/mol. The smallest absolute Gasteiger partial charge is 0.0936 e. The maximum absolute atomic E-state index is 5.87. The molecule has 0 spiro atoms. The first kappa shape index (κ1) is 15.6. The molecule has 0 radical (unpaired) electrons. The fourth-order valence-corrected chi connectivity index (χ4v) is 2.01. The van der Waals surface area contributed by atoms with E-state index in [9.17, 15) is 0 Å². The number of rotatable bonds is 8. The van der Waals surface area contributed by atoms with Crippen LogP contribution in [0.3, 0.4) is 0 Å². The van der Waals surface area contributed by atoms with Gasteiger partial charge >= 0.3 is 0 Å². The molecule has 1 N–H and O–H groups in total. The van der Waals surface area contributed by atoms with Gasteiger partial charge in [0.2, 0.25) is 0 Å². The van der Waals surface area contributed by atoms with Crippen molar-refractivity contribution in [3.05, 3.63) is 34.3 Å². The monoisotopic (exact) mass is 315 g/mol. The highest BCUT2D eigenvalue weighted by Crippen LogP contribution is 2.13. The lowest BCUT2D eigenvalue weighted by Gasteiger charge is -2.19. The van der Waals surface area contributed by atoms with Gasteiger partial charge in [0, 0.05) is 24.2 Å². The Kier molecular flexibility index (Phi) is 7.51. The van der Waals surface area contributed by atoms with Crippen molar-refractivity contribution in [1.82, 2.24) is 5.32 Å². The Labute approximate surface area is 118 Å². The molecular formula is C14H22BrNO2.